The van der Waals surface area contributed by atoms with Crippen LogP contribution < -0.4 is 5.32 Å². The van der Waals surface area contributed by atoms with E-state index in [9.17, 15) is 0 Å². The molecule has 0 amide bonds. The van der Waals surface area contributed by atoms with E-state index in [1.54, 1.807) is 0 Å². The van der Waals surface area contributed by atoms with Crippen LogP contribution in [0.5, 0.6) is 0 Å². The number of rotatable bonds is 4. The lowest BCUT2D eigenvalue weighted by molar-refractivity contribution is 0.524. The first-order valence-electron chi connectivity index (χ1n) is 6.51. The smallest absolute Gasteiger partial charge is 0.0210 e. The zero-order chi connectivity index (χ0) is 12.3. The molecule has 1 aromatic rings. The highest BCUT2D eigenvalue weighted by atomic mass is 32.2. The van der Waals surface area contributed by atoms with E-state index in [0.29, 0.717) is 0 Å². The van der Waals surface area contributed by atoms with Gasteiger partial charge in [-0.05, 0) is 50.5 Å². The largest absolute Gasteiger partial charge is 0.310 e. The molecule has 2 rings (SSSR count). The highest BCUT2D eigenvalue weighted by Gasteiger charge is 2.23. The van der Waals surface area contributed by atoms with E-state index < -0.39 is 0 Å². The Morgan fingerprint density at radius 3 is 2.82 bits per heavy atom. The van der Waals surface area contributed by atoms with Crippen molar-refractivity contribution in [3.63, 3.8) is 0 Å². The van der Waals surface area contributed by atoms with Crippen molar-refractivity contribution in [2.75, 3.05) is 6.26 Å². The third-order valence-electron chi connectivity index (χ3n) is 3.80. The van der Waals surface area contributed by atoms with E-state index in [0.717, 1.165) is 17.8 Å². The molecule has 2 unspecified atom stereocenters. The van der Waals surface area contributed by atoms with Crippen LogP contribution in [0.2, 0.25) is 0 Å². The maximum absolute atomic E-state index is 3.72. The number of aryl methyl sites for hydroxylation is 2. The van der Waals surface area contributed by atoms with Crippen molar-refractivity contribution in [1.29, 1.82) is 0 Å². The summed E-state index contributed by atoms with van der Waals surface area (Å²) < 4.78 is 0. The number of nitrogens with one attached hydrogen (secondary N) is 1. The molecule has 0 radical (unpaired) electrons. The van der Waals surface area contributed by atoms with Crippen molar-refractivity contribution < 1.29 is 0 Å². The zero-order valence-corrected chi connectivity index (χ0v) is 11.9. The molecule has 1 saturated carbocycles. The molecule has 1 nitrogen and oxygen atoms in total. The Morgan fingerprint density at radius 1 is 1.29 bits per heavy atom. The van der Waals surface area contributed by atoms with Crippen molar-refractivity contribution in [1.82, 2.24) is 5.32 Å². The average molecular weight is 249 g/mol. The second-order valence-electron chi connectivity index (χ2n) is 5.18. The van der Waals surface area contributed by atoms with E-state index in [1.807, 2.05) is 11.8 Å². The zero-order valence-electron chi connectivity index (χ0n) is 11.1. The normalized spacial score (nSPS) is 24.2. The Kier molecular flexibility index (Phi) is 4.52. The summed E-state index contributed by atoms with van der Waals surface area (Å²) in [6, 6.07) is 7.46. The van der Waals surface area contributed by atoms with Gasteiger partial charge in [-0.3, -0.25) is 0 Å². The Balaban J connectivity index is 1.88. The summed E-state index contributed by atoms with van der Waals surface area (Å²) in [5, 5.41) is 4.60. The van der Waals surface area contributed by atoms with E-state index in [-0.39, 0.29) is 0 Å². The van der Waals surface area contributed by atoms with Crippen molar-refractivity contribution >= 4 is 11.8 Å². The Hall–Kier alpha value is -0.470. The van der Waals surface area contributed by atoms with Gasteiger partial charge >= 0.3 is 0 Å². The summed E-state index contributed by atoms with van der Waals surface area (Å²) in [6.45, 7) is 5.40. The molecule has 0 heterocycles. The van der Waals surface area contributed by atoms with E-state index in [1.165, 1.54) is 36.0 Å². The lowest BCUT2D eigenvalue weighted by atomic mass is 10.1. The Morgan fingerprint density at radius 2 is 2.12 bits per heavy atom. The van der Waals surface area contributed by atoms with Gasteiger partial charge in [-0.15, -0.1) is 0 Å². The molecule has 2 atom stereocenters. The highest BCUT2D eigenvalue weighted by molar-refractivity contribution is 7.99. The Labute approximate surface area is 109 Å². The van der Waals surface area contributed by atoms with Gasteiger partial charge in [0.15, 0.2) is 0 Å². The summed E-state index contributed by atoms with van der Waals surface area (Å²) >= 11 is 2.02. The topological polar surface area (TPSA) is 12.0 Å². The maximum Gasteiger partial charge on any atom is 0.0210 e. The minimum absolute atomic E-state index is 0.729. The minimum Gasteiger partial charge on any atom is -0.310 e. The Bertz CT molecular complexity index is 375. The summed E-state index contributed by atoms with van der Waals surface area (Å²) in [5.41, 5.74) is 4.22. The third-order valence-corrected chi connectivity index (χ3v) is 4.90. The highest BCUT2D eigenvalue weighted by Crippen LogP contribution is 2.28. The van der Waals surface area contributed by atoms with E-state index in [4.69, 9.17) is 0 Å². The third kappa shape index (κ3) is 3.49. The molecule has 94 valence electrons. The summed E-state index contributed by atoms with van der Waals surface area (Å²) in [6.07, 6.45) is 6.30. The van der Waals surface area contributed by atoms with Gasteiger partial charge in [0, 0.05) is 17.8 Å². The molecule has 0 bridgehead atoms. The van der Waals surface area contributed by atoms with Crippen molar-refractivity contribution in [2.45, 2.75) is 50.9 Å². The first kappa shape index (κ1) is 13.0. The molecule has 2 heteroatoms. The van der Waals surface area contributed by atoms with Crippen LogP contribution in [0.15, 0.2) is 18.2 Å². The summed E-state index contributed by atoms with van der Waals surface area (Å²) in [7, 11) is 0. The molecule has 1 fully saturated rings. The maximum atomic E-state index is 3.72. The van der Waals surface area contributed by atoms with Crippen LogP contribution in [0.25, 0.3) is 0 Å². The quantitative estimate of drug-likeness (QED) is 0.873. The number of hydrogen-bond donors (Lipinski definition) is 1. The van der Waals surface area contributed by atoms with Crippen LogP contribution in [0, 0.1) is 13.8 Å². The van der Waals surface area contributed by atoms with Crippen molar-refractivity contribution in [3.8, 4) is 0 Å². The first-order valence-corrected chi connectivity index (χ1v) is 7.80. The SMILES string of the molecule is CSC1CCC(NCc2cc(C)ccc2C)C1. The van der Waals surface area contributed by atoms with Crippen LogP contribution in [0.3, 0.4) is 0 Å². The number of hydrogen-bond acceptors (Lipinski definition) is 2. The van der Waals surface area contributed by atoms with Crippen molar-refractivity contribution in [3.05, 3.63) is 34.9 Å². The standard InChI is InChI=1S/C15H23NS/c1-11-4-5-12(2)13(8-11)10-16-14-6-7-15(9-14)17-3/h4-5,8,14-16H,6-7,9-10H2,1-3H3. The van der Waals surface area contributed by atoms with Gasteiger partial charge in [0.1, 0.15) is 0 Å². The lowest BCUT2D eigenvalue weighted by Crippen LogP contribution is -2.26. The minimum atomic E-state index is 0.729. The molecule has 17 heavy (non-hydrogen) atoms. The fourth-order valence-corrected chi connectivity index (χ4v) is 3.38. The number of benzene rings is 1. The van der Waals surface area contributed by atoms with Crippen LogP contribution in [0.1, 0.15) is 36.0 Å². The number of thioether (sulfide) groups is 1. The molecule has 1 N–H and O–H groups in total. The monoisotopic (exact) mass is 249 g/mol. The predicted molar refractivity (Wildman–Crippen MR) is 77.7 cm³/mol. The van der Waals surface area contributed by atoms with Gasteiger partial charge in [-0.25, -0.2) is 0 Å². The molecular formula is C15H23NS. The second kappa shape index (κ2) is 5.92. The molecule has 0 aliphatic heterocycles. The van der Waals surface area contributed by atoms with Gasteiger partial charge < -0.3 is 5.32 Å². The van der Waals surface area contributed by atoms with Gasteiger partial charge in [0.05, 0.1) is 0 Å². The predicted octanol–water partition coefficient (Wildman–Crippen LogP) is 3.68. The first-order chi connectivity index (χ1) is 8.19. The average Bonchev–Trinajstić information content (AvgIpc) is 2.78. The molecule has 1 aliphatic carbocycles. The van der Waals surface area contributed by atoms with Crippen LogP contribution >= 0.6 is 11.8 Å². The second-order valence-corrected chi connectivity index (χ2v) is 6.32. The lowest BCUT2D eigenvalue weighted by Gasteiger charge is -2.14. The summed E-state index contributed by atoms with van der Waals surface area (Å²) in [5.74, 6) is 0. The van der Waals surface area contributed by atoms with Gasteiger partial charge in [0.2, 0.25) is 0 Å². The molecular weight excluding hydrogens is 226 g/mol. The molecule has 0 aromatic heterocycles. The summed E-state index contributed by atoms with van der Waals surface area (Å²) in [4.78, 5) is 0. The van der Waals surface area contributed by atoms with Crippen LogP contribution in [-0.2, 0) is 6.54 Å². The van der Waals surface area contributed by atoms with Crippen molar-refractivity contribution in [2.24, 2.45) is 0 Å². The van der Waals surface area contributed by atoms with Crippen LogP contribution in [-0.4, -0.2) is 17.5 Å². The van der Waals surface area contributed by atoms with Gasteiger partial charge in [-0.1, -0.05) is 23.8 Å². The van der Waals surface area contributed by atoms with E-state index >= 15 is 0 Å². The van der Waals surface area contributed by atoms with E-state index in [2.05, 4.69) is 43.6 Å². The van der Waals surface area contributed by atoms with Crippen LogP contribution in [0.4, 0.5) is 0 Å². The molecule has 0 spiro atoms. The van der Waals surface area contributed by atoms with Gasteiger partial charge in [-0.2, -0.15) is 11.8 Å². The molecule has 1 aliphatic rings. The molecule has 0 saturated heterocycles. The van der Waals surface area contributed by atoms with Gasteiger partial charge in [0.25, 0.3) is 0 Å². The fraction of sp³-hybridized carbons (Fsp3) is 0.600. The fourth-order valence-electron chi connectivity index (χ4n) is 2.58. The molecule has 1 aromatic carbocycles.